The molecule has 1 aliphatic rings. The second-order valence-corrected chi connectivity index (χ2v) is 8.54. The minimum Gasteiger partial charge on any atom is -0.378 e. The number of amides is 1. The van der Waals surface area contributed by atoms with Gasteiger partial charge in [-0.3, -0.25) is 4.79 Å². The SMILES string of the molecule is Cc1nc(C(=O)N(C)Cc2ccc(N3CCOCC3)cc2)nn1-c1ccccc1C(C)C. The molecule has 0 spiro atoms. The van der Waals surface area contributed by atoms with Crippen LogP contribution in [-0.2, 0) is 11.3 Å². The van der Waals surface area contributed by atoms with Crippen LogP contribution in [0.25, 0.3) is 5.69 Å². The number of nitrogens with zero attached hydrogens (tertiary/aromatic N) is 5. The van der Waals surface area contributed by atoms with Crippen molar-refractivity contribution >= 4 is 11.6 Å². The van der Waals surface area contributed by atoms with Gasteiger partial charge in [0.2, 0.25) is 5.82 Å². The van der Waals surface area contributed by atoms with E-state index < -0.39 is 0 Å². The van der Waals surface area contributed by atoms with E-state index in [-0.39, 0.29) is 11.7 Å². The van der Waals surface area contributed by atoms with Gasteiger partial charge in [0.15, 0.2) is 0 Å². The summed E-state index contributed by atoms with van der Waals surface area (Å²) in [6.07, 6.45) is 0. The lowest BCUT2D eigenvalue weighted by molar-refractivity contribution is 0.0773. The van der Waals surface area contributed by atoms with Gasteiger partial charge in [0, 0.05) is 32.4 Å². The molecule has 4 rings (SSSR count). The van der Waals surface area contributed by atoms with Crippen LogP contribution in [0.1, 0.15) is 47.3 Å². The fourth-order valence-electron chi connectivity index (χ4n) is 4.03. The highest BCUT2D eigenvalue weighted by Crippen LogP contribution is 2.23. The Hall–Kier alpha value is -3.19. The number of ether oxygens (including phenoxy) is 1. The lowest BCUT2D eigenvalue weighted by Gasteiger charge is -2.29. The van der Waals surface area contributed by atoms with Gasteiger partial charge in [0.25, 0.3) is 5.91 Å². The third-order valence-electron chi connectivity index (χ3n) is 5.83. The van der Waals surface area contributed by atoms with Crippen LogP contribution in [0.15, 0.2) is 48.5 Å². The van der Waals surface area contributed by atoms with Crippen molar-refractivity contribution in [2.75, 3.05) is 38.3 Å². The zero-order chi connectivity index (χ0) is 22.7. The van der Waals surface area contributed by atoms with E-state index in [4.69, 9.17) is 4.74 Å². The van der Waals surface area contributed by atoms with Crippen molar-refractivity contribution in [1.82, 2.24) is 19.7 Å². The van der Waals surface area contributed by atoms with Gasteiger partial charge in [-0.15, -0.1) is 5.10 Å². The number of aryl methyl sites for hydroxylation is 1. The van der Waals surface area contributed by atoms with Crippen LogP contribution in [0.3, 0.4) is 0 Å². The third-order valence-corrected chi connectivity index (χ3v) is 5.83. The number of anilines is 1. The van der Waals surface area contributed by atoms with E-state index in [1.165, 1.54) is 11.3 Å². The molecule has 0 bridgehead atoms. The first-order chi connectivity index (χ1) is 15.4. The molecule has 168 valence electrons. The molecule has 0 unspecified atom stereocenters. The van der Waals surface area contributed by atoms with Gasteiger partial charge in [0.05, 0.1) is 18.9 Å². The van der Waals surface area contributed by atoms with Crippen molar-refractivity contribution in [2.45, 2.75) is 33.2 Å². The van der Waals surface area contributed by atoms with Gasteiger partial charge in [-0.2, -0.15) is 0 Å². The lowest BCUT2D eigenvalue weighted by atomic mass is 10.0. The normalized spacial score (nSPS) is 14.1. The minimum absolute atomic E-state index is 0.189. The van der Waals surface area contributed by atoms with Crippen molar-refractivity contribution in [3.8, 4) is 5.69 Å². The molecule has 0 radical (unpaired) electrons. The Morgan fingerprint density at radius 1 is 1.09 bits per heavy atom. The monoisotopic (exact) mass is 433 g/mol. The van der Waals surface area contributed by atoms with Gasteiger partial charge in [-0.05, 0) is 42.2 Å². The summed E-state index contributed by atoms with van der Waals surface area (Å²) in [5.74, 6) is 1.07. The molecule has 0 aliphatic carbocycles. The molecule has 7 heteroatoms. The predicted molar refractivity (Wildman–Crippen MR) is 125 cm³/mol. The van der Waals surface area contributed by atoms with E-state index in [0.717, 1.165) is 37.6 Å². The average molecular weight is 434 g/mol. The highest BCUT2D eigenvalue weighted by atomic mass is 16.5. The van der Waals surface area contributed by atoms with Crippen LogP contribution in [-0.4, -0.2) is 58.9 Å². The maximum absolute atomic E-state index is 13.0. The number of hydrogen-bond donors (Lipinski definition) is 0. The molecule has 3 aromatic rings. The van der Waals surface area contributed by atoms with Gasteiger partial charge in [-0.1, -0.05) is 44.2 Å². The smallest absolute Gasteiger partial charge is 0.293 e. The van der Waals surface area contributed by atoms with E-state index in [1.54, 1.807) is 16.6 Å². The number of carbonyl (C=O) groups is 1. The van der Waals surface area contributed by atoms with Crippen LogP contribution in [0.4, 0.5) is 5.69 Å². The highest BCUT2D eigenvalue weighted by Gasteiger charge is 2.21. The number of benzene rings is 2. The Labute approximate surface area is 189 Å². The number of hydrogen-bond acceptors (Lipinski definition) is 5. The summed E-state index contributed by atoms with van der Waals surface area (Å²) in [6, 6.07) is 16.5. The number of morpholine rings is 1. The molecule has 7 nitrogen and oxygen atoms in total. The molecule has 2 heterocycles. The molecular weight excluding hydrogens is 402 g/mol. The number of carbonyl (C=O) groups excluding carboxylic acids is 1. The molecule has 1 aliphatic heterocycles. The first kappa shape index (κ1) is 22.0. The summed E-state index contributed by atoms with van der Waals surface area (Å²) in [4.78, 5) is 21.5. The summed E-state index contributed by atoms with van der Waals surface area (Å²) in [5, 5.41) is 4.56. The second kappa shape index (κ2) is 9.53. The second-order valence-electron chi connectivity index (χ2n) is 8.54. The van der Waals surface area contributed by atoms with E-state index in [0.29, 0.717) is 18.3 Å². The summed E-state index contributed by atoms with van der Waals surface area (Å²) >= 11 is 0. The fourth-order valence-corrected chi connectivity index (χ4v) is 4.03. The van der Waals surface area contributed by atoms with Crippen LogP contribution in [0, 0.1) is 6.92 Å². The molecule has 1 fully saturated rings. The Morgan fingerprint density at radius 3 is 2.47 bits per heavy atom. The molecule has 2 aromatic carbocycles. The summed E-state index contributed by atoms with van der Waals surface area (Å²) in [7, 11) is 1.79. The first-order valence-corrected chi connectivity index (χ1v) is 11.1. The van der Waals surface area contributed by atoms with Crippen molar-refractivity contribution in [3.63, 3.8) is 0 Å². The fraction of sp³-hybridized carbons (Fsp3) is 0.400. The predicted octanol–water partition coefficient (Wildman–Crippen LogP) is 3.81. The number of rotatable bonds is 6. The zero-order valence-electron chi connectivity index (χ0n) is 19.3. The molecule has 0 atom stereocenters. The van der Waals surface area contributed by atoms with Gasteiger partial charge in [-0.25, -0.2) is 9.67 Å². The Morgan fingerprint density at radius 2 is 1.78 bits per heavy atom. The van der Waals surface area contributed by atoms with Crippen molar-refractivity contribution in [2.24, 2.45) is 0 Å². The largest absolute Gasteiger partial charge is 0.378 e. The van der Waals surface area contributed by atoms with Gasteiger partial charge in [0.1, 0.15) is 5.82 Å². The maximum Gasteiger partial charge on any atom is 0.293 e. The summed E-state index contributed by atoms with van der Waals surface area (Å²) < 4.78 is 7.19. The Bertz CT molecular complexity index is 1070. The van der Waals surface area contributed by atoms with Gasteiger partial charge < -0.3 is 14.5 Å². The molecule has 1 aromatic heterocycles. The van der Waals surface area contributed by atoms with E-state index >= 15 is 0 Å². The average Bonchev–Trinajstić information content (AvgIpc) is 3.21. The first-order valence-electron chi connectivity index (χ1n) is 11.1. The van der Waals surface area contributed by atoms with E-state index in [1.807, 2.05) is 25.1 Å². The Balaban J connectivity index is 1.47. The zero-order valence-corrected chi connectivity index (χ0v) is 19.3. The van der Waals surface area contributed by atoms with E-state index in [9.17, 15) is 4.79 Å². The quantitative estimate of drug-likeness (QED) is 0.592. The van der Waals surface area contributed by atoms with Crippen LogP contribution >= 0.6 is 0 Å². The van der Waals surface area contributed by atoms with Crippen molar-refractivity contribution in [1.29, 1.82) is 0 Å². The molecule has 32 heavy (non-hydrogen) atoms. The molecule has 1 amide bonds. The standard InChI is InChI=1S/C25H31N5O2/c1-18(2)22-7-5-6-8-23(22)30-19(3)26-24(27-30)25(31)28(4)17-20-9-11-21(12-10-20)29-13-15-32-16-14-29/h5-12,18H,13-17H2,1-4H3. The summed E-state index contributed by atoms with van der Waals surface area (Å²) in [5.41, 5.74) is 4.39. The lowest BCUT2D eigenvalue weighted by Crippen LogP contribution is -2.36. The summed E-state index contributed by atoms with van der Waals surface area (Å²) in [6.45, 7) is 10.0. The Kier molecular flexibility index (Phi) is 6.55. The molecule has 1 saturated heterocycles. The van der Waals surface area contributed by atoms with E-state index in [2.05, 4.69) is 59.2 Å². The van der Waals surface area contributed by atoms with Crippen LogP contribution in [0.2, 0.25) is 0 Å². The minimum atomic E-state index is -0.189. The maximum atomic E-state index is 13.0. The molecular formula is C25H31N5O2. The van der Waals surface area contributed by atoms with Gasteiger partial charge >= 0.3 is 0 Å². The van der Waals surface area contributed by atoms with Crippen LogP contribution < -0.4 is 4.90 Å². The highest BCUT2D eigenvalue weighted by molar-refractivity contribution is 5.90. The van der Waals surface area contributed by atoms with Crippen molar-refractivity contribution in [3.05, 3.63) is 71.3 Å². The topological polar surface area (TPSA) is 63.5 Å². The molecule has 0 N–H and O–H groups in total. The van der Waals surface area contributed by atoms with Crippen molar-refractivity contribution < 1.29 is 9.53 Å². The number of aromatic nitrogens is 3. The number of para-hydroxylation sites is 1. The van der Waals surface area contributed by atoms with Crippen LogP contribution in [0.5, 0.6) is 0 Å². The molecule has 0 saturated carbocycles. The third kappa shape index (κ3) is 4.67.